The second-order valence-corrected chi connectivity index (χ2v) is 10.1. The number of benzene rings is 2. The summed E-state index contributed by atoms with van der Waals surface area (Å²) in [5, 5.41) is 9.87. The zero-order chi connectivity index (χ0) is 31.8. The van der Waals surface area contributed by atoms with Crippen LogP contribution in [0.3, 0.4) is 0 Å². The molecule has 3 rings (SSSR count). The molecule has 1 heterocycles. The van der Waals surface area contributed by atoms with Crippen LogP contribution >= 0.6 is 11.6 Å². The first-order valence-electron chi connectivity index (χ1n) is 13.7. The number of hydrogen-bond acceptors (Lipinski definition) is 11. The van der Waals surface area contributed by atoms with Crippen LogP contribution in [0.5, 0.6) is 0 Å². The molecule has 1 N–H and O–H groups in total. The summed E-state index contributed by atoms with van der Waals surface area (Å²) in [5.74, 6) is -1.38. The monoisotopic (exact) mass is 635 g/mol. The second-order valence-electron chi connectivity index (χ2n) is 9.71. The van der Waals surface area contributed by atoms with Crippen molar-refractivity contribution in [3.8, 4) is 0 Å². The Morgan fingerprint density at radius 3 is 1.73 bits per heavy atom. The minimum absolute atomic E-state index is 0. The Kier molecular flexibility index (Phi) is 18.5. The molecule has 0 amide bonds. The third-order valence-corrected chi connectivity index (χ3v) is 6.03. The van der Waals surface area contributed by atoms with Gasteiger partial charge in [-0.05, 0) is 25.0 Å². The van der Waals surface area contributed by atoms with Crippen LogP contribution in [-0.4, -0.2) is 64.4 Å². The van der Waals surface area contributed by atoms with Gasteiger partial charge in [0.05, 0.1) is 18.5 Å². The van der Waals surface area contributed by atoms with Crippen LogP contribution < -0.4 is 34.5 Å². The maximum Gasteiger partial charge on any atom is 1.00 e. The number of halogens is 1. The number of aromatic nitrogens is 2. The Balaban J connectivity index is 0.000000588. The molecule has 0 saturated carbocycles. The largest absolute Gasteiger partial charge is 1.00 e. The van der Waals surface area contributed by atoms with Crippen LogP contribution in [-0.2, 0) is 48.0 Å². The van der Waals surface area contributed by atoms with Crippen molar-refractivity contribution in [2.24, 2.45) is 0 Å². The summed E-state index contributed by atoms with van der Waals surface area (Å²) < 4.78 is 13.0. The Hall–Kier alpha value is -3.00. The molecule has 0 bridgehead atoms. The van der Waals surface area contributed by atoms with Crippen molar-refractivity contribution in [2.45, 2.75) is 60.3 Å². The zero-order valence-electron chi connectivity index (χ0n) is 26.1. The minimum atomic E-state index is -1.59. The zero-order valence-corrected chi connectivity index (χ0v) is 28.9. The molecule has 0 atom stereocenters. The first-order chi connectivity index (χ1) is 20.5. The molecule has 11 nitrogen and oxygen atoms in total. The van der Waals surface area contributed by atoms with Crippen LogP contribution in [0.1, 0.15) is 51.4 Å². The Morgan fingerprint density at radius 1 is 0.841 bits per heavy atom. The molecule has 1 aromatic heterocycles. The van der Waals surface area contributed by atoms with Crippen LogP contribution in [0.4, 0.5) is 5.82 Å². The van der Waals surface area contributed by atoms with Crippen molar-refractivity contribution in [1.29, 1.82) is 0 Å². The van der Waals surface area contributed by atoms with Gasteiger partial charge in [0.1, 0.15) is 5.82 Å². The number of hydrogen-bond donors (Lipinski definition) is 1. The van der Waals surface area contributed by atoms with E-state index in [1.54, 1.807) is 6.20 Å². The fourth-order valence-electron chi connectivity index (χ4n) is 3.82. The molecule has 0 spiro atoms. The molecule has 14 heteroatoms. The summed E-state index contributed by atoms with van der Waals surface area (Å²) in [4.78, 5) is 44.8. The Morgan fingerprint density at radius 2 is 1.32 bits per heavy atom. The van der Waals surface area contributed by atoms with E-state index in [2.05, 4.69) is 71.8 Å². The maximum atomic E-state index is 10.4. The van der Waals surface area contributed by atoms with E-state index in [1.165, 1.54) is 11.1 Å². The predicted octanol–water partition coefficient (Wildman–Crippen LogP) is 1.20. The summed E-state index contributed by atoms with van der Waals surface area (Å²) in [6.45, 7) is 10.2. The summed E-state index contributed by atoms with van der Waals surface area (Å²) in [6.07, 6.45) is 1.80. The number of nitrogens with zero attached hydrogens (tertiary/aromatic N) is 4. The molecule has 3 aromatic rings. The van der Waals surface area contributed by atoms with E-state index in [-0.39, 0.29) is 42.2 Å². The summed E-state index contributed by atoms with van der Waals surface area (Å²) in [5.41, 5.74) is 3.11. The number of aliphatic hydroxyl groups excluding tert-OH is 1. The summed E-state index contributed by atoms with van der Waals surface area (Å²) in [7, 11) is -1.59. The molecule has 0 saturated heterocycles. The molecule has 231 valence electrons. The first-order valence-corrected chi connectivity index (χ1v) is 14.1. The normalized spacial score (nSPS) is 10.4. The average molecular weight is 636 g/mol. The van der Waals surface area contributed by atoms with E-state index in [4.69, 9.17) is 11.6 Å². The molecular formula is C30H38BClN4NaO7. The Labute approximate surface area is 286 Å². The van der Waals surface area contributed by atoms with E-state index in [0.717, 1.165) is 33.1 Å². The molecule has 2 aromatic carbocycles. The molecule has 44 heavy (non-hydrogen) atoms. The van der Waals surface area contributed by atoms with Gasteiger partial charge in [-0.2, -0.15) is 0 Å². The standard InChI is InChI=1S/C24H29ClN4O.C6H9BO6.Na/c1-19(2)29(17-21-11-7-4-8-12-21)23-15-26-22(24(25)27-23)18-28(13-14-30)16-20-9-5-3-6-10-20;1-4(8)11-7(12-5(2)9)13-6(3)10;/h3-12,15,19,30H,13-14,16-18H2,1-2H3;1-3H3;/q;-1;+1. The number of rotatable bonds is 13. The SMILES string of the molecule is CC(=O)O[B-](OC(C)=O)OC(C)=O.CC(C)N(Cc1ccccc1)c1cnc(CN(CCO)Cc2ccccc2)c(Cl)n1.[Na+]. The van der Waals surface area contributed by atoms with E-state index >= 15 is 0 Å². The molecule has 0 aliphatic rings. The average Bonchev–Trinajstić information content (AvgIpc) is 2.93. The topological polar surface area (TPSA) is 131 Å². The molecular weight excluding hydrogens is 598 g/mol. The van der Waals surface area contributed by atoms with Gasteiger partial charge in [-0.25, -0.2) is 4.98 Å². The van der Waals surface area contributed by atoms with Crippen LogP contribution in [0.25, 0.3) is 0 Å². The first kappa shape index (κ1) is 39.0. The van der Waals surface area contributed by atoms with Gasteiger partial charge in [0.15, 0.2) is 5.15 Å². The van der Waals surface area contributed by atoms with Gasteiger partial charge in [0, 0.05) is 53.0 Å². The van der Waals surface area contributed by atoms with Gasteiger partial charge < -0.3 is 24.0 Å². The van der Waals surface area contributed by atoms with E-state index in [9.17, 15) is 19.5 Å². The minimum Gasteiger partial charge on any atom is -0.642 e. The van der Waals surface area contributed by atoms with Gasteiger partial charge in [-0.3, -0.25) is 24.3 Å². The van der Waals surface area contributed by atoms with Crippen molar-refractivity contribution >= 4 is 42.6 Å². The van der Waals surface area contributed by atoms with Gasteiger partial charge in [0.2, 0.25) is 0 Å². The third-order valence-electron chi connectivity index (χ3n) is 5.73. The quantitative estimate of drug-likeness (QED) is 0.272. The van der Waals surface area contributed by atoms with Crippen LogP contribution in [0.15, 0.2) is 66.9 Å². The maximum absolute atomic E-state index is 10.4. The van der Waals surface area contributed by atoms with Crippen molar-refractivity contribution < 1.29 is 63.0 Å². The molecule has 0 aliphatic carbocycles. The van der Waals surface area contributed by atoms with Crippen molar-refractivity contribution in [3.05, 3.63) is 88.8 Å². The van der Waals surface area contributed by atoms with Crippen LogP contribution in [0, 0.1) is 0 Å². The fourth-order valence-corrected chi connectivity index (χ4v) is 4.02. The Bertz CT molecular complexity index is 1270. The number of aliphatic hydroxyl groups is 1. The van der Waals surface area contributed by atoms with Gasteiger partial charge >= 0.3 is 36.9 Å². The number of carbonyl (C=O) groups is 3. The second kappa shape index (κ2) is 20.9. The van der Waals surface area contributed by atoms with Gasteiger partial charge in [-0.15, -0.1) is 0 Å². The summed E-state index contributed by atoms with van der Waals surface area (Å²) in [6, 6.07) is 20.7. The van der Waals surface area contributed by atoms with E-state index < -0.39 is 25.2 Å². The molecule has 0 fully saturated rings. The molecule has 1 radical (unpaired) electrons. The third kappa shape index (κ3) is 15.1. The van der Waals surface area contributed by atoms with Crippen LogP contribution in [0.2, 0.25) is 5.15 Å². The fraction of sp³-hybridized carbons (Fsp3) is 0.367. The van der Waals surface area contributed by atoms with Crippen molar-refractivity contribution in [3.63, 3.8) is 0 Å². The van der Waals surface area contributed by atoms with Gasteiger partial charge in [-0.1, -0.05) is 72.3 Å². The molecule has 0 aliphatic heterocycles. The van der Waals surface area contributed by atoms with E-state index in [0.29, 0.717) is 30.5 Å². The number of carbonyl (C=O) groups excluding carboxylic acids is 3. The molecule has 0 unspecified atom stereocenters. The van der Waals surface area contributed by atoms with Crippen molar-refractivity contribution in [2.75, 3.05) is 18.1 Å². The predicted molar refractivity (Wildman–Crippen MR) is 163 cm³/mol. The van der Waals surface area contributed by atoms with Crippen molar-refractivity contribution in [1.82, 2.24) is 14.9 Å². The van der Waals surface area contributed by atoms with E-state index in [1.807, 2.05) is 36.4 Å². The number of anilines is 1. The smallest absolute Gasteiger partial charge is 0.642 e. The summed E-state index contributed by atoms with van der Waals surface area (Å²) >= 11 is 6.54. The van der Waals surface area contributed by atoms with Gasteiger partial charge in [0.25, 0.3) is 17.9 Å².